The average molecular weight is 266 g/mol. The minimum Gasteiger partial charge on any atom is -0.324 e. The maximum Gasteiger partial charge on any atom is 0.241 e. The number of carbonyl (C=O) groups excluding carboxylic acids is 2. The fourth-order valence-corrected chi connectivity index (χ4v) is 2.32. The zero-order valence-electron chi connectivity index (χ0n) is 10.9. The molecule has 0 radical (unpaired) electrons. The van der Waals surface area contributed by atoms with Crippen molar-refractivity contribution in [1.29, 1.82) is 0 Å². The number of allylic oxidation sites excluding steroid dienone is 5. The predicted octanol–water partition coefficient (Wildman–Crippen LogP) is 2.76. The van der Waals surface area contributed by atoms with Crippen molar-refractivity contribution in [3.05, 3.63) is 60.3 Å². The van der Waals surface area contributed by atoms with E-state index in [0.29, 0.717) is 11.4 Å². The van der Waals surface area contributed by atoms with E-state index in [1.165, 1.54) is 0 Å². The standard InChI is InChI=1S/C16H14N2O2/c19-15-11-16(20)18(12-7-3-1-2-4-8-12)14-10-6-5-9-13(14)17-15/h1,3-10H,2,11H2,(H,17,19). The Labute approximate surface area is 117 Å². The van der Waals surface area contributed by atoms with Crippen LogP contribution in [0.2, 0.25) is 0 Å². The molecule has 1 aliphatic carbocycles. The Bertz CT molecular complexity index is 656. The molecule has 2 amide bonds. The number of fused-ring (bicyclic) bond motifs is 1. The molecule has 0 fully saturated rings. The van der Waals surface area contributed by atoms with E-state index in [1.54, 1.807) is 11.0 Å². The number of anilines is 2. The van der Waals surface area contributed by atoms with Crippen LogP contribution < -0.4 is 10.2 Å². The Kier molecular flexibility index (Phi) is 3.21. The molecule has 1 aliphatic heterocycles. The van der Waals surface area contributed by atoms with Crippen molar-refractivity contribution < 1.29 is 9.59 Å². The molecule has 0 saturated carbocycles. The number of amides is 2. The lowest BCUT2D eigenvalue weighted by Crippen LogP contribution is -2.29. The van der Waals surface area contributed by atoms with Crippen LogP contribution in [-0.4, -0.2) is 11.8 Å². The van der Waals surface area contributed by atoms with Crippen LogP contribution in [0.3, 0.4) is 0 Å². The predicted molar refractivity (Wildman–Crippen MR) is 78.2 cm³/mol. The molecule has 0 spiro atoms. The van der Waals surface area contributed by atoms with E-state index in [2.05, 4.69) is 5.32 Å². The molecule has 0 aromatic heterocycles. The smallest absolute Gasteiger partial charge is 0.241 e. The zero-order chi connectivity index (χ0) is 13.9. The normalized spacial score (nSPS) is 18.0. The van der Waals surface area contributed by atoms with Crippen LogP contribution in [0.4, 0.5) is 11.4 Å². The van der Waals surface area contributed by atoms with Crippen molar-refractivity contribution in [2.75, 3.05) is 10.2 Å². The van der Waals surface area contributed by atoms with Crippen molar-refractivity contribution in [3.63, 3.8) is 0 Å². The number of para-hydroxylation sites is 2. The van der Waals surface area contributed by atoms with E-state index < -0.39 is 0 Å². The van der Waals surface area contributed by atoms with Crippen LogP contribution >= 0.6 is 0 Å². The van der Waals surface area contributed by atoms with Gasteiger partial charge in [0.1, 0.15) is 6.42 Å². The highest BCUT2D eigenvalue weighted by Gasteiger charge is 2.27. The second kappa shape index (κ2) is 5.17. The van der Waals surface area contributed by atoms with Gasteiger partial charge in [-0.2, -0.15) is 0 Å². The summed E-state index contributed by atoms with van der Waals surface area (Å²) in [5.41, 5.74) is 2.13. The van der Waals surface area contributed by atoms with E-state index in [9.17, 15) is 9.59 Å². The lowest BCUT2D eigenvalue weighted by Gasteiger charge is -2.23. The first-order valence-electron chi connectivity index (χ1n) is 6.51. The number of carbonyl (C=O) groups is 2. The van der Waals surface area contributed by atoms with Gasteiger partial charge in [-0.05, 0) is 30.7 Å². The minimum atomic E-state index is -0.279. The fraction of sp³-hybridized carbons (Fsp3) is 0.125. The topological polar surface area (TPSA) is 49.4 Å². The third-order valence-corrected chi connectivity index (χ3v) is 3.20. The molecule has 0 bridgehead atoms. The van der Waals surface area contributed by atoms with Gasteiger partial charge in [0, 0.05) is 5.70 Å². The minimum absolute atomic E-state index is 0.149. The maximum absolute atomic E-state index is 12.4. The second-order valence-electron chi connectivity index (χ2n) is 4.63. The van der Waals surface area contributed by atoms with Gasteiger partial charge < -0.3 is 5.32 Å². The molecule has 0 unspecified atom stereocenters. The summed E-state index contributed by atoms with van der Waals surface area (Å²) in [6.45, 7) is 0. The van der Waals surface area contributed by atoms with Crippen LogP contribution in [0.15, 0.2) is 60.3 Å². The quantitative estimate of drug-likeness (QED) is 0.795. The molecule has 0 atom stereocenters. The van der Waals surface area contributed by atoms with E-state index >= 15 is 0 Å². The summed E-state index contributed by atoms with van der Waals surface area (Å²) in [5, 5.41) is 2.77. The van der Waals surface area contributed by atoms with Crippen LogP contribution in [0.1, 0.15) is 12.8 Å². The van der Waals surface area contributed by atoms with Crippen molar-refractivity contribution in [1.82, 2.24) is 0 Å². The Hall–Kier alpha value is -2.62. The molecule has 0 saturated heterocycles. The molecule has 4 heteroatoms. The van der Waals surface area contributed by atoms with Gasteiger partial charge in [-0.25, -0.2) is 0 Å². The highest BCUT2D eigenvalue weighted by Crippen LogP contribution is 2.32. The molecule has 3 rings (SSSR count). The number of nitrogens with zero attached hydrogens (tertiary/aromatic N) is 1. The van der Waals surface area contributed by atoms with Crippen molar-refractivity contribution in [2.45, 2.75) is 12.8 Å². The molecular weight excluding hydrogens is 252 g/mol. The number of hydrogen-bond acceptors (Lipinski definition) is 2. The lowest BCUT2D eigenvalue weighted by molar-refractivity contribution is -0.124. The summed E-state index contributed by atoms with van der Waals surface area (Å²) in [6.07, 6.45) is 10.4. The van der Waals surface area contributed by atoms with Crippen molar-refractivity contribution in [2.24, 2.45) is 0 Å². The SMILES string of the molecule is O=C1CC(=O)N(C2=CC=CCC=C2)c2ccccc2N1. The van der Waals surface area contributed by atoms with Gasteiger partial charge in [0.15, 0.2) is 0 Å². The van der Waals surface area contributed by atoms with E-state index in [1.807, 2.05) is 48.6 Å². The van der Waals surface area contributed by atoms with Gasteiger partial charge in [0.05, 0.1) is 11.4 Å². The summed E-state index contributed by atoms with van der Waals surface area (Å²) in [6, 6.07) is 7.33. The number of nitrogens with one attached hydrogen (secondary N) is 1. The molecule has 1 N–H and O–H groups in total. The number of benzene rings is 1. The van der Waals surface area contributed by atoms with Gasteiger partial charge in [0.2, 0.25) is 11.8 Å². The van der Waals surface area contributed by atoms with Gasteiger partial charge in [-0.15, -0.1) is 0 Å². The monoisotopic (exact) mass is 266 g/mol. The fourth-order valence-electron chi connectivity index (χ4n) is 2.32. The summed E-state index contributed by atoms with van der Waals surface area (Å²) < 4.78 is 0. The first kappa shape index (κ1) is 12.4. The van der Waals surface area contributed by atoms with Gasteiger partial charge in [-0.1, -0.05) is 30.4 Å². The lowest BCUT2D eigenvalue weighted by atomic mass is 10.2. The van der Waals surface area contributed by atoms with E-state index in [-0.39, 0.29) is 18.2 Å². The first-order chi connectivity index (χ1) is 9.75. The Morgan fingerprint density at radius 1 is 1.10 bits per heavy atom. The molecule has 1 aromatic rings. The second-order valence-corrected chi connectivity index (χ2v) is 4.63. The molecular formula is C16H14N2O2. The number of rotatable bonds is 1. The third-order valence-electron chi connectivity index (χ3n) is 3.20. The average Bonchev–Trinajstić information content (AvgIpc) is 2.75. The van der Waals surface area contributed by atoms with Gasteiger partial charge in [0.25, 0.3) is 0 Å². The van der Waals surface area contributed by atoms with Crippen molar-refractivity contribution >= 4 is 23.2 Å². The largest absolute Gasteiger partial charge is 0.324 e. The molecule has 100 valence electrons. The molecule has 2 aliphatic rings. The molecule has 20 heavy (non-hydrogen) atoms. The highest BCUT2D eigenvalue weighted by molar-refractivity contribution is 6.15. The summed E-state index contributed by atoms with van der Waals surface area (Å²) in [4.78, 5) is 25.7. The maximum atomic E-state index is 12.4. The van der Waals surface area contributed by atoms with Gasteiger partial charge in [-0.3, -0.25) is 14.5 Å². The van der Waals surface area contributed by atoms with Gasteiger partial charge >= 0.3 is 0 Å². The highest BCUT2D eigenvalue weighted by atomic mass is 16.2. The van der Waals surface area contributed by atoms with Crippen molar-refractivity contribution in [3.8, 4) is 0 Å². The molecule has 1 heterocycles. The third kappa shape index (κ3) is 2.28. The summed E-state index contributed by atoms with van der Waals surface area (Å²) in [5.74, 6) is -0.502. The van der Waals surface area contributed by atoms with E-state index in [0.717, 1.165) is 12.1 Å². The van der Waals surface area contributed by atoms with Crippen LogP contribution in [-0.2, 0) is 9.59 Å². The Balaban J connectivity index is 2.12. The number of hydrogen-bond donors (Lipinski definition) is 1. The Morgan fingerprint density at radius 2 is 1.95 bits per heavy atom. The van der Waals surface area contributed by atoms with Crippen LogP contribution in [0.5, 0.6) is 0 Å². The summed E-state index contributed by atoms with van der Waals surface area (Å²) in [7, 11) is 0. The summed E-state index contributed by atoms with van der Waals surface area (Å²) >= 11 is 0. The Morgan fingerprint density at radius 3 is 2.85 bits per heavy atom. The van der Waals surface area contributed by atoms with Crippen LogP contribution in [0, 0.1) is 0 Å². The molecule has 4 nitrogen and oxygen atoms in total. The van der Waals surface area contributed by atoms with E-state index in [4.69, 9.17) is 0 Å². The van der Waals surface area contributed by atoms with Crippen LogP contribution in [0.25, 0.3) is 0 Å². The molecule has 1 aromatic carbocycles. The zero-order valence-corrected chi connectivity index (χ0v) is 10.9. The first-order valence-corrected chi connectivity index (χ1v) is 6.51.